The molecule has 0 aliphatic rings. The third-order valence-corrected chi connectivity index (χ3v) is 15.6. The van der Waals surface area contributed by atoms with E-state index in [-0.39, 0.29) is 18.5 Å². The smallest absolute Gasteiger partial charge is 0.305 e. The topological polar surface area (TPSA) is 95.9 Å². The van der Waals surface area contributed by atoms with E-state index >= 15 is 0 Å². The molecule has 0 aromatic rings. The second-order valence-electron chi connectivity index (χ2n) is 22.8. The van der Waals surface area contributed by atoms with Crippen LogP contribution in [0.1, 0.15) is 373 Å². The highest BCUT2D eigenvalue weighted by molar-refractivity contribution is 5.76. The number of carbonyl (C=O) groups is 2. The van der Waals surface area contributed by atoms with Gasteiger partial charge in [-0.05, 0) is 32.1 Å². The summed E-state index contributed by atoms with van der Waals surface area (Å²) in [7, 11) is 0. The number of unbranched alkanes of at least 4 members (excludes halogenated alkanes) is 51. The quantitative estimate of drug-likeness (QED) is 0.0320. The Morgan fingerprint density at radius 3 is 0.944 bits per heavy atom. The van der Waals surface area contributed by atoms with Crippen LogP contribution in [0.3, 0.4) is 0 Å². The molecule has 6 heteroatoms. The Balaban J connectivity index is 3.38. The summed E-state index contributed by atoms with van der Waals surface area (Å²) in [5.41, 5.74) is 0. The Kier molecular flexibility index (Phi) is 60.9. The maximum absolute atomic E-state index is 12.5. The van der Waals surface area contributed by atoms with Gasteiger partial charge in [-0.2, -0.15) is 0 Å². The van der Waals surface area contributed by atoms with Crippen LogP contribution in [0.5, 0.6) is 0 Å². The van der Waals surface area contributed by atoms with Crippen LogP contribution < -0.4 is 5.32 Å². The molecule has 0 heterocycles. The lowest BCUT2D eigenvalue weighted by Crippen LogP contribution is -2.45. The van der Waals surface area contributed by atoms with E-state index in [0.717, 1.165) is 38.5 Å². The number of aliphatic hydroxyl groups is 2. The molecular weight excluding hydrogens is 887 g/mol. The third kappa shape index (κ3) is 57.9. The van der Waals surface area contributed by atoms with Gasteiger partial charge in [0.15, 0.2) is 0 Å². The first-order chi connectivity index (χ1) is 35.5. The number of rotatable bonds is 62. The van der Waals surface area contributed by atoms with Gasteiger partial charge in [0.05, 0.1) is 25.4 Å². The zero-order valence-electron chi connectivity index (χ0n) is 48.9. The molecule has 72 heavy (non-hydrogen) atoms. The molecule has 0 radical (unpaired) electrons. The van der Waals surface area contributed by atoms with Gasteiger partial charge in [-0.25, -0.2) is 0 Å². The zero-order chi connectivity index (χ0) is 52.2. The van der Waals surface area contributed by atoms with Crippen molar-refractivity contribution in [1.29, 1.82) is 0 Å². The summed E-state index contributed by atoms with van der Waals surface area (Å²) < 4.78 is 5.51. The third-order valence-electron chi connectivity index (χ3n) is 15.6. The van der Waals surface area contributed by atoms with Crippen LogP contribution in [0.4, 0.5) is 0 Å². The minimum atomic E-state index is -0.844. The number of ether oxygens (including phenoxy) is 1. The largest absolute Gasteiger partial charge is 0.466 e. The summed E-state index contributed by atoms with van der Waals surface area (Å²) in [6.45, 7) is 4.94. The minimum absolute atomic E-state index is 0.0167. The van der Waals surface area contributed by atoms with E-state index in [0.29, 0.717) is 19.4 Å². The first-order valence-corrected chi connectivity index (χ1v) is 33.0. The fraction of sp³-hybridized carbons (Fsp3) is 0.939. The van der Waals surface area contributed by atoms with Crippen molar-refractivity contribution < 1.29 is 24.5 Å². The molecule has 0 aliphatic carbocycles. The number of hydrogen-bond donors (Lipinski definition) is 3. The normalized spacial score (nSPS) is 12.6. The lowest BCUT2D eigenvalue weighted by Gasteiger charge is -2.20. The Hall–Kier alpha value is -1.40. The summed E-state index contributed by atoms with van der Waals surface area (Å²) in [6.07, 6.45) is 75.5. The molecule has 0 aromatic carbocycles. The van der Waals surface area contributed by atoms with Gasteiger partial charge in [0, 0.05) is 12.8 Å². The number of carbonyl (C=O) groups excluding carboxylic acids is 2. The van der Waals surface area contributed by atoms with E-state index in [9.17, 15) is 19.8 Å². The van der Waals surface area contributed by atoms with E-state index < -0.39 is 12.1 Å². The first-order valence-electron chi connectivity index (χ1n) is 33.0. The number of esters is 1. The van der Waals surface area contributed by atoms with E-state index in [1.165, 1.54) is 308 Å². The zero-order valence-corrected chi connectivity index (χ0v) is 48.9. The summed E-state index contributed by atoms with van der Waals surface area (Å²) in [5, 5.41) is 23.2. The van der Waals surface area contributed by atoms with Gasteiger partial charge in [0.2, 0.25) is 5.91 Å². The van der Waals surface area contributed by atoms with E-state index in [2.05, 4.69) is 19.2 Å². The monoisotopic (exact) mass is 1020 g/mol. The maximum atomic E-state index is 12.5. The van der Waals surface area contributed by atoms with E-state index in [1.54, 1.807) is 6.08 Å². The number of nitrogens with one attached hydrogen (secondary N) is 1. The second kappa shape index (κ2) is 62.1. The summed E-state index contributed by atoms with van der Waals surface area (Å²) in [6, 6.07) is -0.628. The standard InChI is InChI=1S/C66H129NO5/c1-3-5-7-9-11-13-15-17-19-21-28-32-36-40-44-48-52-56-60-66(71)72-61-57-53-49-45-41-37-33-29-26-24-22-23-25-27-31-35-39-43-47-51-55-59-65(70)67-63(62-68)64(69)58-54-50-46-42-38-34-30-20-18-16-14-12-10-8-6-4-2/h54,58,63-64,68-69H,3-53,55-57,59-62H2,1-2H3,(H,67,70)/b58-54+. The van der Waals surface area contributed by atoms with Gasteiger partial charge >= 0.3 is 5.97 Å². The average molecular weight is 1020 g/mol. The summed E-state index contributed by atoms with van der Waals surface area (Å²) in [5.74, 6) is -0.0493. The van der Waals surface area contributed by atoms with Gasteiger partial charge in [0.1, 0.15) is 0 Å². The van der Waals surface area contributed by atoms with Gasteiger partial charge in [-0.1, -0.05) is 341 Å². The van der Waals surface area contributed by atoms with Crippen molar-refractivity contribution in [3.05, 3.63) is 12.2 Å². The van der Waals surface area contributed by atoms with Crippen LogP contribution in [-0.2, 0) is 14.3 Å². The van der Waals surface area contributed by atoms with Gasteiger partial charge in [0.25, 0.3) is 0 Å². The molecule has 0 bridgehead atoms. The van der Waals surface area contributed by atoms with Crippen LogP contribution in [0.25, 0.3) is 0 Å². The van der Waals surface area contributed by atoms with Crippen molar-refractivity contribution in [1.82, 2.24) is 5.32 Å². The number of amides is 1. The van der Waals surface area contributed by atoms with Gasteiger partial charge < -0.3 is 20.3 Å². The molecule has 3 N–H and O–H groups in total. The summed E-state index contributed by atoms with van der Waals surface area (Å²) >= 11 is 0. The molecule has 0 aromatic heterocycles. The molecule has 1 amide bonds. The maximum Gasteiger partial charge on any atom is 0.305 e. The van der Waals surface area contributed by atoms with Crippen molar-refractivity contribution in [3.63, 3.8) is 0 Å². The molecule has 0 saturated heterocycles. The van der Waals surface area contributed by atoms with E-state index in [4.69, 9.17) is 4.74 Å². The Bertz CT molecular complexity index is 1080. The van der Waals surface area contributed by atoms with Crippen molar-refractivity contribution in [3.8, 4) is 0 Å². The first kappa shape index (κ1) is 70.6. The second-order valence-corrected chi connectivity index (χ2v) is 22.8. The Morgan fingerprint density at radius 2 is 0.639 bits per heavy atom. The molecule has 0 fully saturated rings. The molecule has 428 valence electrons. The lowest BCUT2D eigenvalue weighted by atomic mass is 10.0. The van der Waals surface area contributed by atoms with Crippen LogP contribution in [0.2, 0.25) is 0 Å². The molecule has 0 spiro atoms. The fourth-order valence-electron chi connectivity index (χ4n) is 10.5. The number of aliphatic hydroxyl groups excluding tert-OH is 2. The molecule has 0 rings (SSSR count). The Labute approximate surface area is 450 Å². The van der Waals surface area contributed by atoms with Gasteiger partial charge in [-0.15, -0.1) is 0 Å². The van der Waals surface area contributed by atoms with Crippen LogP contribution in [0.15, 0.2) is 12.2 Å². The SMILES string of the molecule is CCCCCCCCCCCCCCCC/C=C/C(O)C(CO)NC(=O)CCCCCCCCCCCCCCCCCCCCCCCOC(=O)CCCCCCCCCCCCCCCCCCCC. The fourth-order valence-corrected chi connectivity index (χ4v) is 10.5. The molecule has 0 saturated carbocycles. The summed E-state index contributed by atoms with van der Waals surface area (Å²) in [4.78, 5) is 24.6. The highest BCUT2D eigenvalue weighted by Crippen LogP contribution is 2.19. The van der Waals surface area contributed by atoms with Gasteiger partial charge in [-0.3, -0.25) is 9.59 Å². The lowest BCUT2D eigenvalue weighted by molar-refractivity contribution is -0.143. The molecular formula is C66H129NO5. The number of allylic oxidation sites excluding steroid dienone is 1. The van der Waals surface area contributed by atoms with Crippen molar-refractivity contribution in [2.45, 2.75) is 386 Å². The van der Waals surface area contributed by atoms with Crippen molar-refractivity contribution in [2.24, 2.45) is 0 Å². The molecule has 6 nitrogen and oxygen atoms in total. The Morgan fingerprint density at radius 1 is 0.375 bits per heavy atom. The van der Waals surface area contributed by atoms with Crippen LogP contribution >= 0.6 is 0 Å². The molecule has 0 aliphatic heterocycles. The number of hydrogen-bond acceptors (Lipinski definition) is 5. The van der Waals surface area contributed by atoms with E-state index in [1.807, 2.05) is 6.08 Å². The minimum Gasteiger partial charge on any atom is -0.466 e. The average Bonchev–Trinajstić information content (AvgIpc) is 3.38. The molecule has 2 atom stereocenters. The highest BCUT2D eigenvalue weighted by Gasteiger charge is 2.18. The highest BCUT2D eigenvalue weighted by atomic mass is 16.5. The van der Waals surface area contributed by atoms with Crippen LogP contribution in [-0.4, -0.2) is 47.4 Å². The predicted octanol–water partition coefficient (Wildman–Crippen LogP) is 20.8. The van der Waals surface area contributed by atoms with Crippen molar-refractivity contribution in [2.75, 3.05) is 13.2 Å². The molecule has 2 unspecified atom stereocenters. The van der Waals surface area contributed by atoms with Crippen molar-refractivity contribution >= 4 is 11.9 Å². The van der Waals surface area contributed by atoms with Crippen LogP contribution in [0, 0.1) is 0 Å². The predicted molar refractivity (Wildman–Crippen MR) is 315 cm³/mol.